The molecule has 0 aromatic carbocycles. The summed E-state index contributed by atoms with van der Waals surface area (Å²) in [5.74, 6) is -4.38. The summed E-state index contributed by atoms with van der Waals surface area (Å²) in [6.07, 6.45) is -2.30. The van der Waals surface area contributed by atoms with Gasteiger partial charge in [0.15, 0.2) is 0 Å². The predicted molar refractivity (Wildman–Crippen MR) is 87.9 cm³/mol. The fraction of sp³-hybridized carbons (Fsp3) is 0.500. The highest BCUT2D eigenvalue weighted by Crippen LogP contribution is 2.28. The molecule has 7 nitrogen and oxygen atoms in total. The van der Waals surface area contributed by atoms with E-state index in [0.717, 1.165) is 18.9 Å². The first-order valence-corrected chi connectivity index (χ1v) is 6.72. The molecule has 23 heavy (non-hydrogen) atoms. The van der Waals surface area contributed by atoms with Gasteiger partial charge in [-0.25, -0.2) is 16.5 Å². The van der Waals surface area contributed by atoms with Crippen molar-refractivity contribution < 1.29 is 17.1 Å². The highest BCUT2D eigenvalue weighted by atomic mass is 16.2. The van der Waals surface area contributed by atoms with Crippen LogP contribution in [0.25, 0.3) is 15.9 Å². The first-order valence-electron chi connectivity index (χ1n) is 11.2. The molecule has 0 saturated carbocycles. The van der Waals surface area contributed by atoms with Crippen molar-refractivity contribution in [2.45, 2.75) is 19.3 Å². The molecule has 0 aliphatic carbocycles. The Bertz CT molecular complexity index is 1130. The number of H-pyrrole nitrogens is 1. The van der Waals surface area contributed by atoms with Gasteiger partial charge in [0, 0.05) is 33.1 Å². The summed E-state index contributed by atoms with van der Waals surface area (Å²) in [7, 11) is 1.15. The number of fused-ring (bicyclic) bond motifs is 1. The summed E-state index contributed by atoms with van der Waals surface area (Å²) in [5.41, 5.74) is 0.179. The van der Waals surface area contributed by atoms with E-state index in [1.54, 1.807) is 0 Å². The molecule has 1 aliphatic rings. The molecule has 120 valence electrons. The minimum absolute atomic E-state index is 0.0884. The van der Waals surface area contributed by atoms with Gasteiger partial charge in [-0.1, -0.05) is 6.92 Å². The second kappa shape index (κ2) is 6.24. The third kappa shape index (κ3) is 2.84. The van der Waals surface area contributed by atoms with Gasteiger partial charge in [-0.3, -0.25) is 4.79 Å². The molecule has 1 N–H and O–H groups in total. The number of likely N-dealkylation sites (tertiary alicyclic amines) is 1. The number of anilines is 1. The number of aromatic amines is 1. The van der Waals surface area contributed by atoms with E-state index in [4.69, 9.17) is 18.9 Å². The number of hydrogen-bond donors (Lipinski definition) is 1. The number of aromatic nitrogens is 3. The first kappa shape index (κ1) is 7.77. The van der Waals surface area contributed by atoms with E-state index in [1.807, 2.05) is 0 Å². The Labute approximate surface area is 147 Å². The summed E-state index contributed by atoms with van der Waals surface area (Å²) >= 11 is 0. The van der Waals surface area contributed by atoms with Crippen LogP contribution in [-0.4, -0.2) is 58.4 Å². The lowest BCUT2D eigenvalue weighted by Crippen LogP contribution is -2.53. The van der Waals surface area contributed by atoms with Crippen molar-refractivity contribution >= 4 is 22.8 Å². The van der Waals surface area contributed by atoms with Gasteiger partial charge in [-0.05, 0) is 18.3 Å². The Kier molecular flexibility index (Phi) is 2.11. The average molecular weight is 321 g/mol. The molecule has 2 aromatic heterocycles. The molecular formula is C16H20N6O. The van der Waals surface area contributed by atoms with Crippen LogP contribution in [0.4, 0.5) is 5.82 Å². The average Bonchev–Trinajstić information content (AvgIpc) is 3.12. The molecule has 1 saturated heterocycles. The van der Waals surface area contributed by atoms with E-state index < -0.39 is 50.0 Å². The third-order valence-electron chi connectivity index (χ3n) is 3.33. The number of piperidine rings is 1. The summed E-state index contributed by atoms with van der Waals surface area (Å²) in [4.78, 5) is 26.8. The topological polar surface area (TPSA) is 69.5 Å². The molecule has 0 spiro atoms. The lowest BCUT2D eigenvalue weighted by Gasteiger charge is -2.41. The number of hydrogen-bond acceptors (Lipinski definition) is 4. The van der Waals surface area contributed by atoms with E-state index in [0.29, 0.717) is 0 Å². The van der Waals surface area contributed by atoms with Crippen LogP contribution in [0.2, 0.25) is 0 Å². The molecular weight excluding hydrogens is 292 g/mol. The molecule has 3 rings (SSSR count). The van der Waals surface area contributed by atoms with Crippen LogP contribution in [0.15, 0.2) is 18.6 Å². The smallest absolute Gasteiger partial charge is 0.302 e. The van der Waals surface area contributed by atoms with Crippen molar-refractivity contribution in [2.24, 2.45) is 5.89 Å². The van der Waals surface area contributed by atoms with Crippen molar-refractivity contribution in [3.8, 4) is 0 Å². The quantitative estimate of drug-likeness (QED) is 0.871. The van der Waals surface area contributed by atoms with Gasteiger partial charge >= 0.3 is 5.91 Å². The van der Waals surface area contributed by atoms with Crippen molar-refractivity contribution in [1.29, 1.82) is 0 Å². The molecule has 7 heteroatoms. The maximum absolute atomic E-state index is 12.6. The summed E-state index contributed by atoms with van der Waals surface area (Å²) < 4.78 is 76.3. The van der Waals surface area contributed by atoms with Gasteiger partial charge < -0.3 is 19.6 Å². The van der Waals surface area contributed by atoms with Crippen molar-refractivity contribution in [2.75, 3.05) is 31.5 Å². The van der Waals surface area contributed by atoms with Crippen LogP contribution in [0.3, 0.4) is 0 Å². The fourth-order valence-electron chi connectivity index (χ4n) is 2.18. The SMILES string of the molecule is [2H]c1nc(N(C)[C@@]2([2H])C([2H])([2H])N(C(=O)C[N+]#[C-])C([2H])([2H])C([2H])([2H])[C@@]2([2H])C)c2cc[nH]c2n1. The van der Waals surface area contributed by atoms with E-state index >= 15 is 0 Å². The Balaban J connectivity index is 2.36. The maximum Gasteiger partial charge on any atom is 0.302 e. The van der Waals surface area contributed by atoms with Gasteiger partial charge in [0.2, 0.25) is 0 Å². The Hall–Kier alpha value is -2.62. The van der Waals surface area contributed by atoms with E-state index in [-0.39, 0.29) is 21.8 Å². The zero-order chi connectivity index (χ0) is 24.5. The second-order valence-electron chi connectivity index (χ2n) is 4.81. The molecule has 1 aliphatic heterocycles. The van der Waals surface area contributed by atoms with Gasteiger partial charge in [-0.15, -0.1) is 0 Å². The molecule has 2 aromatic rings. The Morgan fingerprint density at radius 3 is 3.35 bits per heavy atom. The van der Waals surface area contributed by atoms with Gasteiger partial charge in [0.1, 0.15) is 19.1 Å². The van der Waals surface area contributed by atoms with Crippen LogP contribution in [0, 0.1) is 12.5 Å². The van der Waals surface area contributed by atoms with Crippen molar-refractivity contribution in [3.63, 3.8) is 0 Å². The second-order valence-corrected chi connectivity index (χ2v) is 4.81. The number of nitrogens with one attached hydrogen (secondary N) is 1. The van der Waals surface area contributed by atoms with Gasteiger partial charge in [0.05, 0.1) is 15.5 Å². The molecule has 1 amide bonds. The summed E-state index contributed by atoms with van der Waals surface area (Å²) in [5, 5.41) is 0.245. The van der Waals surface area contributed by atoms with Crippen LogP contribution >= 0.6 is 0 Å². The standard InChI is InChI=1S/C16H20N6O/c1-11-5-7-22(14(23)8-17-2)9-13(11)21(3)16-12-4-6-18-15(12)19-10-20-16/h4,6,10-11,13H,5,7-9H2,1,3H3,(H,18,19,20)/t11-,13+/m1/s1/i5D2,7D2,9D2,10D,11D,13D. The van der Waals surface area contributed by atoms with Crippen LogP contribution in [-0.2, 0) is 4.79 Å². The maximum atomic E-state index is 12.6. The molecule has 0 bridgehead atoms. The van der Waals surface area contributed by atoms with Crippen LogP contribution < -0.4 is 4.90 Å². The lowest BCUT2D eigenvalue weighted by molar-refractivity contribution is -0.130. The molecule has 2 atom stereocenters. The first-order chi connectivity index (χ1) is 14.5. The van der Waals surface area contributed by atoms with E-state index in [9.17, 15) is 4.79 Å². The zero-order valence-corrected chi connectivity index (χ0v) is 12.5. The van der Waals surface area contributed by atoms with Crippen LogP contribution in [0.1, 0.15) is 25.6 Å². The van der Waals surface area contributed by atoms with E-state index in [2.05, 4.69) is 19.8 Å². The Morgan fingerprint density at radius 2 is 2.57 bits per heavy atom. The minimum Gasteiger partial charge on any atom is -0.354 e. The number of nitrogens with zero attached hydrogens (tertiary/aromatic N) is 5. The molecule has 0 radical (unpaired) electrons. The number of carbonyl (C=O) groups excluding carboxylic acids is 1. The zero-order valence-electron chi connectivity index (χ0n) is 21.5. The van der Waals surface area contributed by atoms with Crippen molar-refractivity contribution in [3.05, 3.63) is 30.0 Å². The fourth-order valence-corrected chi connectivity index (χ4v) is 2.18. The highest BCUT2D eigenvalue weighted by Gasteiger charge is 2.33. The minimum atomic E-state index is -3.37. The number of carbonyl (C=O) groups is 1. The van der Waals surface area contributed by atoms with Gasteiger partial charge in [-0.2, -0.15) is 0 Å². The van der Waals surface area contributed by atoms with Crippen molar-refractivity contribution in [1.82, 2.24) is 19.9 Å². The molecule has 3 heterocycles. The summed E-state index contributed by atoms with van der Waals surface area (Å²) in [6, 6.07) is -1.50. The lowest BCUT2D eigenvalue weighted by atomic mass is 9.92. The molecule has 0 unspecified atom stereocenters. The number of likely N-dealkylation sites (N-methyl/N-ethyl adjacent to an activating group) is 1. The highest BCUT2D eigenvalue weighted by molar-refractivity contribution is 5.87. The number of amides is 1. The normalized spacial score (nSPS) is 39.9. The predicted octanol–water partition coefficient (Wildman–Crippen LogP) is 1.55. The molecule has 1 fully saturated rings. The Morgan fingerprint density at radius 1 is 1.74 bits per heavy atom. The summed E-state index contributed by atoms with van der Waals surface area (Å²) in [6.45, 7) is 0.124. The van der Waals surface area contributed by atoms with E-state index in [1.165, 1.54) is 12.3 Å². The van der Waals surface area contributed by atoms with Crippen LogP contribution in [0.5, 0.6) is 0 Å². The van der Waals surface area contributed by atoms with Gasteiger partial charge in [0.25, 0.3) is 6.54 Å². The monoisotopic (exact) mass is 321 g/mol. The third-order valence-corrected chi connectivity index (χ3v) is 3.33. The largest absolute Gasteiger partial charge is 0.354 e. The number of rotatable bonds is 3.